The van der Waals surface area contributed by atoms with E-state index in [0.29, 0.717) is 24.4 Å². The van der Waals surface area contributed by atoms with Crippen molar-refractivity contribution in [2.75, 3.05) is 13.7 Å². The number of carbonyl (C=O) groups is 2. The van der Waals surface area contributed by atoms with Gasteiger partial charge in [0.15, 0.2) is 0 Å². The Bertz CT molecular complexity index is 454. The highest BCUT2D eigenvalue weighted by atomic mass is 16.5. The smallest absolute Gasteiger partial charge is 0.312 e. The molecule has 0 radical (unpaired) electrons. The summed E-state index contributed by atoms with van der Waals surface area (Å²) in [6.45, 7) is 5.85. The molecule has 1 aliphatic rings. The number of likely N-dealkylation sites (N-methyl/N-ethyl adjacent to an activating group) is 1. The first kappa shape index (κ1) is 16.2. The van der Waals surface area contributed by atoms with E-state index in [9.17, 15) is 9.59 Å². The summed E-state index contributed by atoms with van der Waals surface area (Å²) in [5.41, 5.74) is 0.599. The topological polar surface area (TPSA) is 79.2 Å². The summed E-state index contributed by atoms with van der Waals surface area (Å²) in [5, 5.41) is 14.4. The normalized spacial score (nSPS) is 18.9. The molecule has 0 aromatic carbocycles. The lowest BCUT2D eigenvalue weighted by Crippen LogP contribution is -2.25. The first-order valence-corrected chi connectivity index (χ1v) is 6.89. The Morgan fingerprint density at radius 1 is 1.45 bits per heavy atom. The van der Waals surface area contributed by atoms with E-state index in [2.05, 4.69) is 5.10 Å². The second-order valence-corrected chi connectivity index (χ2v) is 4.71. The Kier molecular flexibility index (Phi) is 5.73. The quantitative estimate of drug-likeness (QED) is 0.572. The SMILES string of the molecule is CCCCC(OCC)=C1C(=O)N(C)N=C1C(C)C(=O)O. The van der Waals surface area contributed by atoms with Crippen LogP contribution < -0.4 is 0 Å². The van der Waals surface area contributed by atoms with Gasteiger partial charge < -0.3 is 9.84 Å². The number of hydrogen-bond acceptors (Lipinski definition) is 4. The number of allylic oxidation sites excluding steroid dienone is 1. The van der Waals surface area contributed by atoms with E-state index in [1.54, 1.807) is 0 Å². The minimum Gasteiger partial charge on any atom is -0.497 e. The van der Waals surface area contributed by atoms with Crippen molar-refractivity contribution >= 4 is 17.6 Å². The number of hydrazone groups is 1. The highest BCUT2D eigenvalue weighted by molar-refractivity contribution is 6.28. The summed E-state index contributed by atoms with van der Waals surface area (Å²) in [4.78, 5) is 23.4. The van der Waals surface area contributed by atoms with Gasteiger partial charge in [-0.15, -0.1) is 0 Å². The molecule has 1 heterocycles. The number of carbonyl (C=O) groups excluding carboxylic acids is 1. The first-order chi connectivity index (χ1) is 9.43. The lowest BCUT2D eigenvalue weighted by Gasteiger charge is -2.14. The predicted octanol–water partition coefficient (Wildman–Crippen LogP) is 2.02. The van der Waals surface area contributed by atoms with Gasteiger partial charge in [-0.2, -0.15) is 5.10 Å². The summed E-state index contributed by atoms with van der Waals surface area (Å²) < 4.78 is 5.57. The van der Waals surface area contributed by atoms with Crippen molar-refractivity contribution in [1.82, 2.24) is 5.01 Å². The van der Waals surface area contributed by atoms with Gasteiger partial charge in [0.05, 0.1) is 18.2 Å². The van der Waals surface area contributed by atoms with Crippen LogP contribution in [-0.2, 0) is 14.3 Å². The molecular weight excluding hydrogens is 260 g/mol. The number of carboxylic acids is 1. The molecule has 1 N–H and O–H groups in total. The van der Waals surface area contributed by atoms with Gasteiger partial charge in [0.1, 0.15) is 11.3 Å². The molecule has 0 aliphatic carbocycles. The third-order valence-corrected chi connectivity index (χ3v) is 3.16. The van der Waals surface area contributed by atoms with Crippen LogP contribution in [0, 0.1) is 5.92 Å². The highest BCUT2D eigenvalue weighted by Gasteiger charge is 2.36. The lowest BCUT2D eigenvalue weighted by molar-refractivity contribution is -0.138. The number of amides is 1. The van der Waals surface area contributed by atoms with E-state index in [0.717, 1.165) is 12.8 Å². The second-order valence-electron chi connectivity index (χ2n) is 4.71. The fraction of sp³-hybridized carbons (Fsp3) is 0.643. The number of hydrogen-bond donors (Lipinski definition) is 1. The molecule has 0 saturated carbocycles. The van der Waals surface area contributed by atoms with E-state index in [1.165, 1.54) is 19.0 Å². The molecule has 0 spiro atoms. The van der Waals surface area contributed by atoms with E-state index < -0.39 is 11.9 Å². The first-order valence-electron chi connectivity index (χ1n) is 6.89. The molecular formula is C14H22N2O4. The van der Waals surface area contributed by atoms with Crippen LogP contribution in [0.4, 0.5) is 0 Å². The van der Waals surface area contributed by atoms with Gasteiger partial charge in [0.2, 0.25) is 0 Å². The fourth-order valence-corrected chi connectivity index (χ4v) is 1.99. The van der Waals surface area contributed by atoms with Crippen molar-refractivity contribution < 1.29 is 19.4 Å². The van der Waals surface area contributed by atoms with Crippen molar-refractivity contribution in [3.8, 4) is 0 Å². The number of aliphatic carboxylic acids is 1. The van der Waals surface area contributed by atoms with Crippen LogP contribution in [0.5, 0.6) is 0 Å². The van der Waals surface area contributed by atoms with Crippen LogP contribution in [-0.4, -0.2) is 41.4 Å². The molecule has 0 fully saturated rings. The average Bonchev–Trinajstić information content (AvgIpc) is 2.70. The maximum Gasteiger partial charge on any atom is 0.312 e. The lowest BCUT2D eigenvalue weighted by atomic mass is 9.96. The fourth-order valence-electron chi connectivity index (χ4n) is 1.99. The Balaban J connectivity index is 3.22. The monoisotopic (exact) mass is 282 g/mol. The largest absolute Gasteiger partial charge is 0.497 e. The van der Waals surface area contributed by atoms with Crippen LogP contribution in [0.25, 0.3) is 0 Å². The Morgan fingerprint density at radius 3 is 2.60 bits per heavy atom. The zero-order valence-electron chi connectivity index (χ0n) is 12.5. The minimum atomic E-state index is -1.00. The third-order valence-electron chi connectivity index (χ3n) is 3.16. The standard InChI is InChI=1S/C14H22N2O4/c1-5-7-8-10(20-6-2)11-12(9(3)14(18)19)15-16(4)13(11)17/h9H,5-8H2,1-4H3,(H,18,19). The van der Waals surface area contributed by atoms with E-state index >= 15 is 0 Å². The molecule has 112 valence electrons. The molecule has 20 heavy (non-hydrogen) atoms. The summed E-state index contributed by atoms with van der Waals surface area (Å²) in [6.07, 6.45) is 2.46. The molecule has 1 amide bonds. The third kappa shape index (κ3) is 3.37. The molecule has 1 atom stereocenters. The molecule has 1 unspecified atom stereocenters. The number of unbranched alkanes of at least 4 members (excludes halogenated alkanes) is 1. The molecule has 6 nitrogen and oxygen atoms in total. The van der Waals surface area contributed by atoms with Gasteiger partial charge in [-0.05, 0) is 20.3 Å². The maximum atomic E-state index is 12.2. The zero-order chi connectivity index (χ0) is 15.3. The Hall–Kier alpha value is -1.85. The molecule has 1 aliphatic heterocycles. The van der Waals surface area contributed by atoms with Crippen LogP contribution >= 0.6 is 0 Å². The van der Waals surface area contributed by atoms with Crippen molar-refractivity contribution in [3.05, 3.63) is 11.3 Å². The highest BCUT2D eigenvalue weighted by Crippen LogP contribution is 2.26. The molecule has 0 aromatic heterocycles. The molecule has 0 bridgehead atoms. The average molecular weight is 282 g/mol. The number of ether oxygens (including phenoxy) is 1. The van der Waals surface area contributed by atoms with Gasteiger partial charge in [0, 0.05) is 13.5 Å². The Labute approximate surface area is 119 Å². The van der Waals surface area contributed by atoms with Gasteiger partial charge >= 0.3 is 5.97 Å². The second kappa shape index (κ2) is 7.07. The maximum absolute atomic E-state index is 12.2. The van der Waals surface area contributed by atoms with Gasteiger partial charge in [-0.1, -0.05) is 13.3 Å². The van der Waals surface area contributed by atoms with E-state index in [-0.39, 0.29) is 11.6 Å². The minimum absolute atomic E-state index is 0.282. The van der Waals surface area contributed by atoms with Crippen LogP contribution in [0.15, 0.2) is 16.4 Å². The zero-order valence-corrected chi connectivity index (χ0v) is 12.5. The van der Waals surface area contributed by atoms with Crippen molar-refractivity contribution in [2.45, 2.75) is 40.0 Å². The van der Waals surface area contributed by atoms with Crippen molar-refractivity contribution in [2.24, 2.45) is 11.0 Å². The molecule has 0 saturated heterocycles. The molecule has 6 heteroatoms. The van der Waals surface area contributed by atoms with Gasteiger partial charge in [-0.25, -0.2) is 5.01 Å². The van der Waals surface area contributed by atoms with Crippen LogP contribution in [0.3, 0.4) is 0 Å². The Morgan fingerprint density at radius 2 is 2.10 bits per heavy atom. The molecule has 1 rings (SSSR count). The van der Waals surface area contributed by atoms with Crippen molar-refractivity contribution in [3.63, 3.8) is 0 Å². The summed E-state index contributed by atoms with van der Waals surface area (Å²) in [6, 6.07) is 0. The number of rotatable bonds is 7. The number of carboxylic acid groups (broad SMARTS) is 1. The predicted molar refractivity (Wildman–Crippen MR) is 75.2 cm³/mol. The van der Waals surface area contributed by atoms with Crippen LogP contribution in [0.1, 0.15) is 40.0 Å². The van der Waals surface area contributed by atoms with Gasteiger partial charge in [-0.3, -0.25) is 9.59 Å². The van der Waals surface area contributed by atoms with E-state index in [1.807, 2.05) is 13.8 Å². The summed E-state index contributed by atoms with van der Waals surface area (Å²) in [5.74, 6) is -1.59. The summed E-state index contributed by atoms with van der Waals surface area (Å²) >= 11 is 0. The molecule has 0 aromatic rings. The van der Waals surface area contributed by atoms with Gasteiger partial charge in [0.25, 0.3) is 5.91 Å². The van der Waals surface area contributed by atoms with Crippen molar-refractivity contribution in [1.29, 1.82) is 0 Å². The van der Waals surface area contributed by atoms with Crippen LogP contribution in [0.2, 0.25) is 0 Å². The summed E-state index contributed by atoms with van der Waals surface area (Å²) in [7, 11) is 1.52. The van der Waals surface area contributed by atoms with E-state index in [4.69, 9.17) is 9.84 Å². The number of nitrogens with zero attached hydrogens (tertiary/aromatic N) is 2.